The lowest BCUT2D eigenvalue weighted by molar-refractivity contribution is 0.0784. The van der Waals surface area contributed by atoms with Crippen LogP contribution in [0.2, 0.25) is 15.1 Å². The molecule has 0 saturated heterocycles. The number of methoxy groups -OCH3 is 2. The van der Waals surface area contributed by atoms with Crippen LogP contribution in [0, 0.1) is 0 Å². The number of hydrogen-bond acceptors (Lipinski definition) is 3. The van der Waals surface area contributed by atoms with Crippen molar-refractivity contribution in [1.29, 1.82) is 0 Å². The summed E-state index contributed by atoms with van der Waals surface area (Å²) in [5.74, 6) is 0.564. The summed E-state index contributed by atoms with van der Waals surface area (Å²) in [7, 11) is 4.65. The smallest absolute Gasteiger partial charge is 0.254 e. The number of carbonyl (C=O) groups excluding carboxylic acids is 1. The first-order valence-electron chi connectivity index (χ1n) is 6.98. The molecule has 0 aliphatic heterocycles. The van der Waals surface area contributed by atoms with Gasteiger partial charge in [-0.2, -0.15) is 0 Å². The molecular formula is C17H16Cl3NO3. The van der Waals surface area contributed by atoms with E-state index < -0.39 is 0 Å². The zero-order valence-electron chi connectivity index (χ0n) is 13.4. The van der Waals surface area contributed by atoms with E-state index in [1.54, 1.807) is 37.4 Å². The molecule has 7 heteroatoms. The fraction of sp³-hybridized carbons (Fsp3) is 0.235. The Labute approximate surface area is 155 Å². The van der Waals surface area contributed by atoms with Crippen molar-refractivity contribution in [2.24, 2.45) is 0 Å². The highest BCUT2D eigenvalue weighted by molar-refractivity contribution is 6.35. The topological polar surface area (TPSA) is 38.8 Å². The summed E-state index contributed by atoms with van der Waals surface area (Å²) < 4.78 is 10.4. The Hall–Kier alpha value is -1.62. The number of ether oxygens (including phenoxy) is 2. The first-order chi connectivity index (χ1) is 11.4. The van der Waals surface area contributed by atoms with E-state index in [1.165, 1.54) is 19.1 Å². The summed E-state index contributed by atoms with van der Waals surface area (Å²) >= 11 is 18.2. The predicted octanol–water partition coefficient (Wildman–Crippen LogP) is 4.94. The minimum Gasteiger partial charge on any atom is -0.493 e. The maximum Gasteiger partial charge on any atom is 0.254 e. The summed E-state index contributed by atoms with van der Waals surface area (Å²) in [6.07, 6.45) is 0. The van der Waals surface area contributed by atoms with Crippen molar-refractivity contribution in [3.8, 4) is 11.5 Å². The summed E-state index contributed by atoms with van der Waals surface area (Å²) in [6.45, 7) is 0.334. The molecule has 0 spiro atoms. The predicted molar refractivity (Wildman–Crippen MR) is 96.8 cm³/mol. The Morgan fingerprint density at radius 3 is 2.33 bits per heavy atom. The molecule has 0 bridgehead atoms. The molecule has 0 fully saturated rings. The van der Waals surface area contributed by atoms with Gasteiger partial charge in [-0.3, -0.25) is 4.79 Å². The molecule has 0 N–H and O–H groups in total. The van der Waals surface area contributed by atoms with Crippen LogP contribution in [-0.2, 0) is 6.54 Å². The normalized spacial score (nSPS) is 10.4. The fourth-order valence-corrected chi connectivity index (χ4v) is 3.00. The molecule has 0 aliphatic rings. The highest BCUT2D eigenvalue weighted by atomic mass is 35.5. The largest absolute Gasteiger partial charge is 0.493 e. The Balaban J connectivity index is 2.26. The van der Waals surface area contributed by atoms with Gasteiger partial charge in [-0.25, -0.2) is 0 Å². The zero-order chi connectivity index (χ0) is 17.9. The quantitative estimate of drug-likeness (QED) is 0.728. The van der Waals surface area contributed by atoms with Crippen molar-refractivity contribution >= 4 is 40.7 Å². The van der Waals surface area contributed by atoms with Crippen LogP contribution in [0.25, 0.3) is 0 Å². The molecule has 0 heterocycles. The van der Waals surface area contributed by atoms with E-state index in [0.717, 1.165) is 5.56 Å². The number of benzene rings is 2. The summed E-state index contributed by atoms with van der Waals surface area (Å²) in [5, 5.41) is 1.36. The molecule has 0 saturated carbocycles. The van der Waals surface area contributed by atoms with E-state index in [1.807, 2.05) is 0 Å². The number of hydrogen-bond donors (Lipinski definition) is 0. The van der Waals surface area contributed by atoms with E-state index >= 15 is 0 Å². The lowest BCUT2D eigenvalue weighted by Crippen LogP contribution is -2.26. The number of halogens is 3. The molecular weight excluding hydrogens is 373 g/mol. The molecule has 4 nitrogen and oxygen atoms in total. The van der Waals surface area contributed by atoms with Gasteiger partial charge in [-0.05, 0) is 29.8 Å². The third kappa shape index (κ3) is 4.07. The van der Waals surface area contributed by atoms with Gasteiger partial charge in [-0.1, -0.05) is 40.9 Å². The molecule has 2 rings (SSSR count). The van der Waals surface area contributed by atoms with Gasteiger partial charge >= 0.3 is 0 Å². The molecule has 0 atom stereocenters. The van der Waals surface area contributed by atoms with Crippen molar-refractivity contribution in [1.82, 2.24) is 4.90 Å². The maximum absolute atomic E-state index is 12.6. The van der Waals surface area contributed by atoms with Crippen LogP contribution in [0.3, 0.4) is 0 Å². The molecule has 24 heavy (non-hydrogen) atoms. The second-order valence-corrected chi connectivity index (χ2v) is 6.34. The van der Waals surface area contributed by atoms with Gasteiger partial charge in [-0.15, -0.1) is 0 Å². The van der Waals surface area contributed by atoms with E-state index in [0.29, 0.717) is 38.7 Å². The average molecular weight is 389 g/mol. The van der Waals surface area contributed by atoms with Gasteiger partial charge < -0.3 is 14.4 Å². The number of nitrogens with zero attached hydrogens (tertiary/aromatic N) is 1. The Bertz CT molecular complexity index is 765. The lowest BCUT2D eigenvalue weighted by atomic mass is 10.1. The van der Waals surface area contributed by atoms with Crippen LogP contribution in [-0.4, -0.2) is 32.1 Å². The molecule has 0 radical (unpaired) electrons. The molecule has 2 aromatic rings. The van der Waals surface area contributed by atoms with Crippen LogP contribution >= 0.6 is 34.8 Å². The van der Waals surface area contributed by atoms with E-state index in [2.05, 4.69) is 0 Å². The van der Waals surface area contributed by atoms with Gasteiger partial charge in [0.2, 0.25) is 0 Å². The number of rotatable bonds is 5. The van der Waals surface area contributed by atoms with Crippen molar-refractivity contribution in [2.45, 2.75) is 6.54 Å². The minimum atomic E-state index is -0.219. The number of amides is 1. The Morgan fingerprint density at radius 2 is 1.75 bits per heavy atom. The van der Waals surface area contributed by atoms with Gasteiger partial charge in [0, 0.05) is 29.2 Å². The standard InChI is InChI=1S/C17H16Cl3NO3/c1-21(9-10-4-5-12(18)8-13(10)19)17(22)11-6-14(20)16(24-3)15(7-11)23-2/h4-8H,9H2,1-3H3. The first kappa shape index (κ1) is 18.7. The van der Waals surface area contributed by atoms with Crippen LogP contribution in [0.5, 0.6) is 11.5 Å². The highest BCUT2D eigenvalue weighted by Crippen LogP contribution is 2.36. The molecule has 0 aromatic heterocycles. The van der Waals surface area contributed by atoms with Gasteiger partial charge in [0.05, 0.1) is 19.2 Å². The summed E-state index contributed by atoms with van der Waals surface area (Å²) in [5.41, 5.74) is 1.19. The van der Waals surface area contributed by atoms with Gasteiger partial charge in [0.15, 0.2) is 11.5 Å². The molecule has 0 unspecified atom stereocenters. The van der Waals surface area contributed by atoms with E-state index in [-0.39, 0.29) is 5.91 Å². The second kappa shape index (κ2) is 7.97. The van der Waals surface area contributed by atoms with E-state index in [9.17, 15) is 4.79 Å². The molecule has 128 valence electrons. The van der Waals surface area contributed by atoms with Crippen LogP contribution in [0.15, 0.2) is 30.3 Å². The second-order valence-electron chi connectivity index (χ2n) is 5.09. The van der Waals surface area contributed by atoms with Crippen molar-refractivity contribution in [2.75, 3.05) is 21.3 Å². The van der Waals surface area contributed by atoms with Crippen LogP contribution in [0.4, 0.5) is 0 Å². The first-order valence-corrected chi connectivity index (χ1v) is 8.11. The fourth-order valence-electron chi connectivity index (χ4n) is 2.24. The monoisotopic (exact) mass is 387 g/mol. The van der Waals surface area contributed by atoms with Crippen molar-refractivity contribution < 1.29 is 14.3 Å². The van der Waals surface area contributed by atoms with E-state index in [4.69, 9.17) is 44.3 Å². The van der Waals surface area contributed by atoms with Crippen LogP contribution < -0.4 is 9.47 Å². The third-order valence-electron chi connectivity index (χ3n) is 3.45. The Morgan fingerprint density at radius 1 is 1.04 bits per heavy atom. The van der Waals surface area contributed by atoms with Crippen molar-refractivity contribution in [3.63, 3.8) is 0 Å². The molecule has 1 amide bonds. The molecule has 0 aliphatic carbocycles. The Kier molecular flexibility index (Phi) is 6.21. The van der Waals surface area contributed by atoms with Crippen LogP contribution in [0.1, 0.15) is 15.9 Å². The van der Waals surface area contributed by atoms with Gasteiger partial charge in [0.25, 0.3) is 5.91 Å². The highest BCUT2D eigenvalue weighted by Gasteiger charge is 2.18. The zero-order valence-corrected chi connectivity index (χ0v) is 15.7. The maximum atomic E-state index is 12.6. The average Bonchev–Trinajstić information content (AvgIpc) is 2.55. The molecule has 2 aromatic carbocycles. The lowest BCUT2D eigenvalue weighted by Gasteiger charge is -2.19. The van der Waals surface area contributed by atoms with Gasteiger partial charge in [0.1, 0.15) is 0 Å². The summed E-state index contributed by atoms with van der Waals surface area (Å²) in [6, 6.07) is 8.30. The summed E-state index contributed by atoms with van der Waals surface area (Å²) in [4.78, 5) is 14.2. The third-order valence-corrected chi connectivity index (χ3v) is 4.32. The van der Waals surface area contributed by atoms with Crippen molar-refractivity contribution in [3.05, 3.63) is 56.5 Å². The minimum absolute atomic E-state index is 0.219. The SMILES string of the molecule is COc1cc(C(=O)N(C)Cc2ccc(Cl)cc2Cl)cc(Cl)c1OC. The number of carbonyl (C=O) groups is 1.